The molecule has 0 radical (unpaired) electrons. The molecule has 2 saturated heterocycles. The molecule has 0 aromatic carbocycles. The molecule has 1 N–H and O–H groups in total. The van der Waals surface area contributed by atoms with E-state index in [1.54, 1.807) is 0 Å². The quantitative estimate of drug-likeness (QED) is 0.838. The van der Waals surface area contributed by atoms with Gasteiger partial charge in [-0.3, -0.25) is 9.69 Å². The Bertz CT molecular complexity index is 419. The fourth-order valence-corrected chi connectivity index (χ4v) is 3.38. The second-order valence-corrected chi connectivity index (χ2v) is 7.22. The third kappa shape index (κ3) is 3.48. The average Bonchev–Trinajstić information content (AvgIpc) is 2.58. The number of hydrogen-bond acceptors (Lipinski definition) is 3. The van der Waals surface area contributed by atoms with Crippen LogP contribution in [0.15, 0.2) is 0 Å². The topological polar surface area (TPSA) is 64.1 Å². The third-order valence-corrected chi connectivity index (χ3v) is 4.75. The van der Waals surface area contributed by atoms with Crippen molar-refractivity contribution in [2.24, 2.45) is 0 Å². The van der Waals surface area contributed by atoms with E-state index in [1.807, 2.05) is 25.7 Å². The van der Waals surface area contributed by atoms with E-state index in [2.05, 4.69) is 11.9 Å². The summed E-state index contributed by atoms with van der Waals surface area (Å²) in [7, 11) is 2.13. The van der Waals surface area contributed by atoms with Gasteiger partial charge in [0.05, 0.1) is 0 Å². The molecule has 2 heterocycles. The highest BCUT2D eigenvalue weighted by Gasteiger charge is 2.39. The summed E-state index contributed by atoms with van der Waals surface area (Å²) in [5.41, 5.74) is -0.493. The normalized spacial score (nSPS) is 26.6. The fraction of sp³-hybridized carbons (Fsp3) is 0.867. The Labute approximate surface area is 126 Å². The minimum absolute atomic E-state index is 0.147. The largest absolute Gasteiger partial charge is 0.480 e. The minimum atomic E-state index is -0.966. The number of likely N-dealkylation sites (tertiary alicyclic amines) is 1. The van der Waals surface area contributed by atoms with E-state index < -0.39 is 11.5 Å². The van der Waals surface area contributed by atoms with Crippen molar-refractivity contribution in [2.75, 3.05) is 26.7 Å². The van der Waals surface area contributed by atoms with Crippen molar-refractivity contribution in [1.82, 2.24) is 14.7 Å². The summed E-state index contributed by atoms with van der Waals surface area (Å²) in [6.07, 6.45) is 3.31. The predicted octanol–water partition coefficient (Wildman–Crippen LogP) is 1.46. The van der Waals surface area contributed by atoms with Gasteiger partial charge in [-0.1, -0.05) is 0 Å². The van der Waals surface area contributed by atoms with Gasteiger partial charge in [-0.25, -0.2) is 4.79 Å². The highest BCUT2D eigenvalue weighted by Crippen LogP contribution is 2.29. The van der Waals surface area contributed by atoms with Crippen molar-refractivity contribution in [3.63, 3.8) is 0 Å². The first-order valence-electron chi connectivity index (χ1n) is 7.70. The summed E-state index contributed by atoms with van der Waals surface area (Å²) in [6, 6.07) is 0.828. The van der Waals surface area contributed by atoms with Crippen molar-refractivity contribution in [2.45, 2.75) is 57.7 Å². The van der Waals surface area contributed by atoms with Gasteiger partial charge in [0.2, 0.25) is 0 Å². The molecule has 2 atom stereocenters. The van der Waals surface area contributed by atoms with Crippen LogP contribution in [0.1, 0.15) is 40.0 Å². The molecule has 0 aliphatic carbocycles. The van der Waals surface area contributed by atoms with Crippen molar-refractivity contribution >= 4 is 12.0 Å². The molecule has 2 amide bonds. The SMILES string of the molecule is CN1C2CCC1CN(C(=O)N(CC(=O)O)C(C)(C)C)CC2. The van der Waals surface area contributed by atoms with Gasteiger partial charge in [-0.15, -0.1) is 0 Å². The number of likely N-dealkylation sites (N-methyl/N-ethyl adjacent to an activating group) is 1. The van der Waals surface area contributed by atoms with Crippen LogP contribution in [-0.4, -0.2) is 76.1 Å². The highest BCUT2D eigenvalue weighted by atomic mass is 16.4. The monoisotopic (exact) mass is 297 g/mol. The van der Waals surface area contributed by atoms with E-state index >= 15 is 0 Å². The van der Waals surface area contributed by atoms with E-state index in [9.17, 15) is 9.59 Å². The number of carboxylic acid groups (broad SMARTS) is 1. The number of carbonyl (C=O) groups is 2. The number of nitrogens with zero attached hydrogens (tertiary/aromatic N) is 3. The van der Waals surface area contributed by atoms with Gasteiger partial charge in [0.25, 0.3) is 0 Å². The zero-order chi connectivity index (χ0) is 15.8. The molecule has 0 aromatic rings. The Morgan fingerprint density at radius 3 is 2.38 bits per heavy atom. The van der Waals surface area contributed by atoms with Crippen molar-refractivity contribution < 1.29 is 14.7 Å². The maximum atomic E-state index is 12.8. The third-order valence-electron chi connectivity index (χ3n) is 4.75. The molecule has 2 unspecified atom stereocenters. The van der Waals surface area contributed by atoms with Crippen LogP contribution in [0.4, 0.5) is 4.79 Å². The average molecular weight is 297 g/mol. The maximum Gasteiger partial charge on any atom is 0.323 e. The van der Waals surface area contributed by atoms with Crippen LogP contribution in [0.5, 0.6) is 0 Å². The molecule has 2 rings (SSSR count). The molecular formula is C15H27N3O3. The molecule has 2 fully saturated rings. The Hall–Kier alpha value is -1.30. The second-order valence-electron chi connectivity index (χ2n) is 7.22. The second kappa shape index (κ2) is 5.83. The zero-order valence-corrected chi connectivity index (χ0v) is 13.5. The Morgan fingerprint density at radius 1 is 1.19 bits per heavy atom. The van der Waals surface area contributed by atoms with Crippen LogP contribution in [0, 0.1) is 0 Å². The Balaban J connectivity index is 2.11. The molecule has 6 heteroatoms. The van der Waals surface area contributed by atoms with Gasteiger partial charge in [-0.2, -0.15) is 0 Å². The number of carboxylic acids is 1. The van der Waals surface area contributed by atoms with E-state index in [0.717, 1.165) is 19.4 Å². The summed E-state index contributed by atoms with van der Waals surface area (Å²) in [5.74, 6) is -0.966. The molecule has 120 valence electrons. The first kappa shape index (κ1) is 16.1. The Kier molecular flexibility index (Phi) is 4.46. The lowest BCUT2D eigenvalue weighted by Crippen LogP contribution is -2.55. The van der Waals surface area contributed by atoms with Crippen molar-refractivity contribution in [1.29, 1.82) is 0 Å². The van der Waals surface area contributed by atoms with Crippen LogP contribution >= 0.6 is 0 Å². The predicted molar refractivity (Wildman–Crippen MR) is 80.3 cm³/mol. The fourth-order valence-electron chi connectivity index (χ4n) is 3.38. The highest BCUT2D eigenvalue weighted by molar-refractivity contribution is 5.81. The minimum Gasteiger partial charge on any atom is -0.480 e. The number of fused-ring (bicyclic) bond motifs is 2. The lowest BCUT2D eigenvalue weighted by atomic mass is 10.1. The van der Waals surface area contributed by atoms with Gasteiger partial charge in [-0.05, 0) is 47.1 Å². The van der Waals surface area contributed by atoms with Crippen molar-refractivity contribution in [3.05, 3.63) is 0 Å². The lowest BCUT2D eigenvalue weighted by Gasteiger charge is -2.39. The van der Waals surface area contributed by atoms with Gasteiger partial charge in [0.15, 0.2) is 0 Å². The number of hydrogen-bond donors (Lipinski definition) is 1. The van der Waals surface area contributed by atoms with Crippen LogP contribution in [0.25, 0.3) is 0 Å². The number of carbonyl (C=O) groups excluding carboxylic acids is 1. The molecule has 2 bridgehead atoms. The molecule has 6 nitrogen and oxygen atoms in total. The molecular weight excluding hydrogens is 270 g/mol. The zero-order valence-electron chi connectivity index (χ0n) is 13.5. The summed E-state index contributed by atoms with van der Waals surface area (Å²) < 4.78 is 0. The van der Waals surface area contributed by atoms with Crippen LogP contribution in [0.3, 0.4) is 0 Å². The maximum absolute atomic E-state index is 12.8. The van der Waals surface area contributed by atoms with Crippen LogP contribution in [0.2, 0.25) is 0 Å². The van der Waals surface area contributed by atoms with Crippen LogP contribution < -0.4 is 0 Å². The number of aliphatic carboxylic acids is 1. The smallest absolute Gasteiger partial charge is 0.323 e. The van der Waals surface area contributed by atoms with E-state index in [-0.39, 0.29) is 12.6 Å². The first-order chi connectivity index (χ1) is 9.70. The number of amides is 2. The van der Waals surface area contributed by atoms with Crippen molar-refractivity contribution in [3.8, 4) is 0 Å². The Morgan fingerprint density at radius 2 is 1.81 bits per heavy atom. The molecule has 0 aromatic heterocycles. The van der Waals surface area contributed by atoms with Gasteiger partial charge in [0, 0.05) is 30.7 Å². The van der Waals surface area contributed by atoms with Gasteiger partial charge < -0.3 is 14.9 Å². The van der Waals surface area contributed by atoms with Gasteiger partial charge >= 0.3 is 12.0 Å². The summed E-state index contributed by atoms with van der Waals surface area (Å²) in [4.78, 5) is 29.5. The molecule has 0 spiro atoms. The van der Waals surface area contributed by atoms with Gasteiger partial charge in [0.1, 0.15) is 6.54 Å². The molecule has 2 aliphatic heterocycles. The van der Waals surface area contributed by atoms with Crippen LogP contribution in [-0.2, 0) is 4.79 Å². The summed E-state index contributed by atoms with van der Waals surface area (Å²) >= 11 is 0. The molecule has 0 saturated carbocycles. The number of rotatable bonds is 2. The summed E-state index contributed by atoms with van der Waals surface area (Å²) in [5, 5.41) is 9.08. The first-order valence-corrected chi connectivity index (χ1v) is 7.70. The van der Waals surface area contributed by atoms with E-state index in [0.29, 0.717) is 18.6 Å². The van der Waals surface area contributed by atoms with E-state index in [4.69, 9.17) is 5.11 Å². The van der Waals surface area contributed by atoms with E-state index in [1.165, 1.54) is 11.3 Å². The lowest BCUT2D eigenvalue weighted by molar-refractivity contribution is -0.138. The summed E-state index contributed by atoms with van der Waals surface area (Å²) in [6.45, 7) is 6.81. The molecule has 21 heavy (non-hydrogen) atoms. The molecule has 2 aliphatic rings. The number of urea groups is 1. The standard InChI is InChI=1S/C15H27N3O3/c1-15(2,3)18(10-13(19)20)14(21)17-8-7-11-5-6-12(9-17)16(11)4/h11-12H,5-10H2,1-4H3,(H,19,20).